The first-order valence-corrected chi connectivity index (χ1v) is 8.16. The molecule has 0 saturated carbocycles. The molecular formula is C19H17FN6. The molecule has 7 heteroatoms. The quantitative estimate of drug-likeness (QED) is 0.593. The van der Waals surface area contributed by atoms with Crippen molar-refractivity contribution in [3.05, 3.63) is 66.2 Å². The first kappa shape index (κ1) is 16.2. The van der Waals surface area contributed by atoms with Crippen LogP contribution < -0.4 is 11.1 Å². The van der Waals surface area contributed by atoms with Crippen molar-refractivity contribution in [2.45, 2.75) is 6.54 Å². The number of rotatable bonds is 4. The summed E-state index contributed by atoms with van der Waals surface area (Å²) in [4.78, 5) is 13.1. The molecule has 1 aromatic carbocycles. The van der Waals surface area contributed by atoms with Crippen LogP contribution in [0.5, 0.6) is 0 Å². The highest BCUT2D eigenvalue weighted by Gasteiger charge is 2.17. The number of nitrogens with one attached hydrogen (secondary N) is 1. The molecule has 0 aliphatic carbocycles. The molecule has 130 valence electrons. The molecule has 4 rings (SSSR count). The van der Waals surface area contributed by atoms with E-state index in [4.69, 9.17) is 10.7 Å². The Hall–Kier alpha value is -3.32. The second-order valence-corrected chi connectivity index (χ2v) is 5.91. The molecule has 0 bridgehead atoms. The van der Waals surface area contributed by atoms with Gasteiger partial charge in [0.15, 0.2) is 0 Å². The zero-order valence-corrected chi connectivity index (χ0v) is 14.1. The maximum absolute atomic E-state index is 13.4. The van der Waals surface area contributed by atoms with Crippen molar-refractivity contribution < 1.29 is 4.39 Å². The van der Waals surface area contributed by atoms with Gasteiger partial charge in [-0.05, 0) is 55.1 Å². The zero-order valence-electron chi connectivity index (χ0n) is 14.1. The number of nitrogens with two attached hydrogens (primary N) is 1. The Balaban J connectivity index is 1.99. The summed E-state index contributed by atoms with van der Waals surface area (Å²) in [5.41, 5.74) is 10.6. The van der Waals surface area contributed by atoms with E-state index in [9.17, 15) is 4.39 Å². The van der Waals surface area contributed by atoms with E-state index >= 15 is 0 Å². The SMILES string of the molecule is CNCc1ccn2c(-c3ccnc(N)n3)c(-c3ccc(F)cc3)nc2c1. The fourth-order valence-corrected chi connectivity index (χ4v) is 2.96. The number of imidazole rings is 1. The smallest absolute Gasteiger partial charge is 0.220 e. The maximum Gasteiger partial charge on any atom is 0.220 e. The summed E-state index contributed by atoms with van der Waals surface area (Å²) in [7, 11) is 1.90. The highest BCUT2D eigenvalue weighted by molar-refractivity contribution is 5.80. The average molecular weight is 348 g/mol. The van der Waals surface area contributed by atoms with Gasteiger partial charge in [-0.25, -0.2) is 19.3 Å². The number of nitrogens with zero attached hydrogens (tertiary/aromatic N) is 4. The minimum atomic E-state index is -0.290. The molecule has 0 saturated heterocycles. The van der Waals surface area contributed by atoms with E-state index in [0.717, 1.165) is 29.0 Å². The van der Waals surface area contributed by atoms with E-state index in [2.05, 4.69) is 15.3 Å². The number of aromatic nitrogens is 4. The van der Waals surface area contributed by atoms with Crippen molar-refractivity contribution in [2.75, 3.05) is 12.8 Å². The lowest BCUT2D eigenvalue weighted by Crippen LogP contribution is -2.05. The van der Waals surface area contributed by atoms with Crippen LogP contribution in [0.2, 0.25) is 0 Å². The second-order valence-electron chi connectivity index (χ2n) is 5.91. The minimum Gasteiger partial charge on any atom is -0.368 e. The van der Waals surface area contributed by atoms with E-state index in [0.29, 0.717) is 11.4 Å². The van der Waals surface area contributed by atoms with Gasteiger partial charge in [-0.15, -0.1) is 0 Å². The third kappa shape index (κ3) is 2.89. The van der Waals surface area contributed by atoms with Crippen LogP contribution in [0, 0.1) is 5.82 Å². The molecule has 3 aromatic heterocycles. The topological polar surface area (TPSA) is 81.1 Å². The lowest BCUT2D eigenvalue weighted by atomic mass is 10.1. The van der Waals surface area contributed by atoms with Crippen LogP contribution in [0.15, 0.2) is 54.9 Å². The lowest BCUT2D eigenvalue weighted by molar-refractivity contribution is 0.628. The van der Waals surface area contributed by atoms with Gasteiger partial charge in [0.2, 0.25) is 5.95 Å². The maximum atomic E-state index is 13.4. The number of anilines is 1. The van der Waals surface area contributed by atoms with Crippen molar-refractivity contribution in [2.24, 2.45) is 0 Å². The van der Waals surface area contributed by atoms with E-state index in [1.54, 1.807) is 24.4 Å². The first-order valence-electron chi connectivity index (χ1n) is 8.16. The molecule has 0 radical (unpaired) electrons. The third-order valence-electron chi connectivity index (χ3n) is 4.11. The van der Waals surface area contributed by atoms with Crippen LogP contribution in [0.4, 0.5) is 10.3 Å². The highest BCUT2D eigenvalue weighted by atomic mass is 19.1. The Labute approximate surface area is 149 Å². The number of halogens is 1. The number of benzene rings is 1. The van der Waals surface area contributed by atoms with Gasteiger partial charge in [-0.2, -0.15) is 0 Å². The monoisotopic (exact) mass is 348 g/mol. The molecule has 26 heavy (non-hydrogen) atoms. The normalized spacial score (nSPS) is 11.2. The van der Waals surface area contributed by atoms with E-state index < -0.39 is 0 Å². The standard InChI is InChI=1S/C19H17FN6/c1-22-11-12-7-9-26-16(10-12)25-17(13-2-4-14(20)5-3-13)18(26)15-6-8-23-19(21)24-15/h2-10,22H,11H2,1H3,(H2,21,23,24). The Morgan fingerprint density at radius 3 is 2.65 bits per heavy atom. The number of hydrogen-bond acceptors (Lipinski definition) is 5. The molecule has 0 fully saturated rings. The lowest BCUT2D eigenvalue weighted by Gasteiger charge is -2.06. The van der Waals surface area contributed by atoms with Gasteiger partial charge in [0.1, 0.15) is 11.5 Å². The fraction of sp³-hybridized carbons (Fsp3) is 0.105. The van der Waals surface area contributed by atoms with Gasteiger partial charge in [0, 0.05) is 24.5 Å². The van der Waals surface area contributed by atoms with Gasteiger partial charge in [0.05, 0.1) is 17.1 Å². The summed E-state index contributed by atoms with van der Waals surface area (Å²) in [6.45, 7) is 0.741. The molecule has 0 aliphatic heterocycles. The molecule has 3 N–H and O–H groups in total. The predicted molar refractivity (Wildman–Crippen MR) is 98.8 cm³/mol. The summed E-state index contributed by atoms with van der Waals surface area (Å²) in [6.07, 6.45) is 3.57. The Bertz CT molecular complexity index is 1070. The summed E-state index contributed by atoms with van der Waals surface area (Å²) >= 11 is 0. The van der Waals surface area contributed by atoms with Crippen molar-refractivity contribution in [1.82, 2.24) is 24.7 Å². The Morgan fingerprint density at radius 2 is 1.92 bits per heavy atom. The van der Waals surface area contributed by atoms with Crippen LogP contribution in [0.1, 0.15) is 5.56 Å². The molecule has 0 aliphatic rings. The molecule has 3 heterocycles. The largest absolute Gasteiger partial charge is 0.368 e. The van der Waals surface area contributed by atoms with Crippen LogP contribution in [-0.2, 0) is 6.54 Å². The first-order chi connectivity index (χ1) is 12.7. The average Bonchev–Trinajstić information content (AvgIpc) is 3.01. The van der Waals surface area contributed by atoms with Crippen molar-refractivity contribution in [3.8, 4) is 22.6 Å². The number of pyridine rings is 1. The van der Waals surface area contributed by atoms with E-state index in [1.807, 2.05) is 29.8 Å². The molecule has 0 spiro atoms. The van der Waals surface area contributed by atoms with Crippen LogP contribution >= 0.6 is 0 Å². The van der Waals surface area contributed by atoms with Gasteiger partial charge < -0.3 is 11.1 Å². The molecule has 4 aromatic rings. The summed E-state index contributed by atoms with van der Waals surface area (Å²) in [5, 5.41) is 3.13. The van der Waals surface area contributed by atoms with Gasteiger partial charge in [-0.1, -0.05) is 0 Å². The van der Waals surface area contributed by atoms with Crippen LogP contribution in [0.3, 0.4) is 0 Å². The molecule has 0 amide bonds. The fourth-order valence-electron chi connectivity index (χ4n) is 2.96. The van der Waals surface area contributed by atoms with Crippen LogP contribution in [0.25, 0.3) is 28.3 Å². The Kier molecular flexibility index (Phi) is 4.06. The van der Waals surface area contributed by atoms with Crippen LogP contribution in [-0.4, -0.2) is 26.4 Å². The summed E-state index contributed by atoms with van der Waals surface area (Å²) in [5.74, 6) is -0.101. The molecule has 6 nitrogen and oxygen atoms in total. The molecule has 0 unspecified atom stereocenters. The number of nitrogen functional groups attached to an aromatic ring is 1. The molecule has 0 atom stereocenters. The summed E-state index contributed by atoms with van der Waals surface area (Å²) in [6, 6.07) is 12.1. The van der Waals surface area contributed by atoms with Gasteiger partial charge in [0.25, 0.3) is 0 Å². The van der Waals surface area contributed by atoms with Crippen molar-refractivity contribution in [3.63, 3.8) is 0 Å². The minimum absolute atomic E-state index is 0.189. The Morgan fingerprint density at radius 1 is 1.12 bits per heavy atom. The van der Waals surface area contributed by atoms with Crippen molar-refractivity contribution in [1.29, 1.82) is 0 Å². The highest BCUT2D eigenvalue weighted by Crippen LogP contribution is 2.32. The summed E-state index contributed by atoms with van der Waals surface area (Å²) < 4.78 is 15.3. The number of hydrogen-bond donors (Lipinski definition) is 2. The van der Waals surface area contributed by atoms with Crippen molar-refractivity contribution >= 4 is 11.6 Å². The van der Waals surface area contributed by atoms with Gasteiger partial charge >= 0.3 is 0 Å². The third-order valence-corrected chi connectivity index (χ3v) is 4.11. The second kappa shape index (κ2) is 6.53. The number of fused-ring (bicyclic) bond motifs is 1. The van der Waals surface area contributed by atoms with E-state index in [-0.39, 0.29) is 11.8 Å². The van der Waals surface area contributed by atoms with Gasteiger partial charge in [-0.3, -0.25) is 4.40 Å². The molecular weight excluding hydrogens is 331 g/mol. The zero-order chi connectivity index (χ0) is 18.1. The predicted octanol–water partition coefficient (Wildman–Crippen LogP) is 2.90. The van der Waals surface area contributed by atoms with E-state index in [1.165, 1.54) is 12.1 Å².